The highest BCUT2D eigenvalue weighted by atomic mass is 16.5. The van der Waals surface area contributed by atoms with E-state index in [0.717, 1.165) is 40.3 Å². The minimum atomic E-state index is -0.389. The minimum absolute atomic E-state index is 0.148. The van der Waals surface area contributed by atoms with Crippen LogP contribution in [0.4, 0.5) is 5.82 Å². The summed E-state index contributed by atoms with van der Waals surface area (Å²) in [5, 5.41) is 3.76. The number of ether oxygens (including phenoxy) is 1. The molecule has 0 aliphatic carbocycles. The molecule has 0 saturated carbocycles. The van der Waals surface area contributed by atoms with E-state index in [9.17, 15) is 4.79 Å². The standard InChI is InChI=1S/C30H35N3O2/c1-20-12-14-22(15-13-20)28(34)35-24-11-9-8-10-23(24)26-27(32-30(6,7)19-29(3,4)5)33-17-16-21(2)18-25(33)31-26/h8-18,32H,19H2,1-7H3. The number of para-hydroxylation sites is 1. The van der Waals surface area contributed by atoms with Gasteiger partial charge in [-0.3, -0.25) is 4.40 Å². The zero-order chi connectivity index (χ0) is 25.4. The summed E-state index contributed by atoms with van der Waals surface area (Å²) in [5.41, 5.74) is 5.06. The van der Waals surface area contributed by atoms with Crippen molar-refractivity contribution >= 4 is 17.4 Å². The number of hydrogen-bond donors (Lipinski definition) is 1. The van der Waals surface area contributed by atoms with Crippen molar-refractivity contribution < 1.29 is 9.53 Å². The number of aromatic nitrogens is 2. The predicted octanol–water partition coefficient (Wildman–Crippen LogP) is 7.46. The quantitative estimate of drug-likeness (QED) is 0.235. The molecule has 5 heteroatoms. The van der Waals surface area contributed by atoms with Gasteiger partial charge < -0.3 is 10.1 Å². The van der Waals surface area contributed by atoms with Gasteiger partial charge in [0.25, 0.3) is 0 Å². The van der Waals surface area contributed by atoms with Crippen LogP contribution in [-0.2, 0) is 0 Å². The number of nitrogens with zero attached hydrogens (tertiary/aromatic N) is 2. The van der Waals surface area contributed by atoms with Crippen molar-refractivity contribution in [2.45, 2.75) is 60.4 Å². The normalized spacial score (nSPS) is 12.1. The molecule has 4 aromatic rings. The second-order valence-electron chi connectivity index (χ2n) is 11.2. The molecule has 0 aliphatic heterocycles. The molecule has 0 aliphatic rings. The van der Waals surface area contributed by atoms with Gasteiger partial charge in [0.05, 0.1) is 5.56 Å². The van der Waals surface area contributed by atoms with E-state index >= 15 is 0 Å². The molecule has 2 heterocycles. The van der Waals surface area contributed by atoms with Crippen molar-refractivity contribution in [2.75, 3.05) is 5.32 Å². The summed E-state index contributed by atoms with van der Waals surface area (Å²) in [6.07, 6.45) is 3.00. The molecule has 2 aromatic carbocycles. The zero-order valence-electron chi connectivity index (χ0n) is 21.8. The number of benzene rings is 2. The third-order valence-electron chi connectivity index (χ3n) is 5.84. The maximum Gasteiger partial charge on any atom is 0.343 e. The lowest BCUT2D eigenvalue weighted by Crippen LogP contribution is -2.36. The number of carbonyl (C=O) groups excluding carboxylic acids is 1. The number of aryl methyl sites for hydroxylation is 2. The number of fused-ring (bicyclic) bond motifs is 1. The molecule has 0 amide bonds. The molecule has 0 bridgehead atoms. The first kappa shape index (κ1) is 24.5. The maximum absolute atomic E-state index is 12.9. The molecular weight excluding hydrogens is 434 g/mol. The van der Waals surface area contributed by atoms with Gasteiger partial charge in [-0.15, -0.1) is 0 Å². The first-order chi connectivity index (χ1) is 16.4. The maximum atomic E-state index is 12.9. The van der Waals surface area contributed by atoms with Crippen LogP contribution in [-0.4, -0.2) is 20.9 Å². The monoisotopic (exact) mass is 469 g/mol. The number of carbonyl (C=O) groups is 1. The molecule has 4 rings (SSSR count). The van der Waals surface area contributed by atoms with Gasteiger partial charge in [-0.1, -0.05) is 50.6 Å². The average Bonchev–Trinajstić information content (AvgIpc) is 3.09. The summed E-state index contributed by atoms with van der Waals surface area (Å²) in [5.74, 6) is 0.975. The highest BCUT2D eigenvalue weighted by Gasteiger charge is 2.29. The van der Waals surface area contributed by atoms with Crippen molar-refractivity contribution in [3.8, 4) is 17.0 Å². The molecular formula is C30H35N3O2. The van der Waals surface area contributed by atoms with Crippen LogP contribution in [0.15, 0.2) is 66.9 Å². The number of pyridine rings is 1. The molecule has 5 nitrogen and oxygen atoms in total. The van der Waals surface area contributed by atoms with Crippen molar-refractivity contribution in [3.63, 3.8) is 0 Å². The van der Waals surface area contributed by atoms with Crippen molar-refractivity contribution in [1.29, 1.82) is 0 Å². The summed E-state index contributed by atoms with van der Waals surface area (Å²) >= 11 is 0. The number of rotatable bonds is 6. The van der Waals surface area contributed by atoms with E-state index in [1.807, 2.05) is 49.5 Å². The fraction of sp³-hybridized carbons (Fsp3) is 0.333. The minimum Gasteiger partial charge on any atom is -0.422 e. The van der Waals surface area contributed by atoms with Gasteiger partial charge in [-0.05, 0) is 81.5 Å². The molecule has 0 radical (unpaired) electrons. The molecule has 0 unspecified atom stereocenters. The average molecular weight is 470 g/mol. The van der Waals surface area contributed by atoms with Gasteiger partial charge in [-0.2, -0.15) is 0 Å². The van der Waals surface area contributed by atoms with Gasteiger partial charge in [0.2, 0.25) is 0 Å². The van der Waals surface area contributed by atoms with Crippen LogP contribution in [0.25, 0.3) is 16.9 Å². The Kier molecular flexibility index (Phi) is 6.46. The Hall–Kier alpha value is -3.60. The molecule has 182 valence electrons. The number of esters is 1. The van der Waals surface area contributed by atoms with Crippen LogP contribution in [0, 0.1) is 19.3 Å². The largest absolute Gasteiger partial charge is 0.422 e. The zero-order valence-corrected chi connectivity index (χ0v) is 21.8. The van der Waals surface area contributed by atoms with Crippen LogP contribution in [0.1, 0.15) is 62.5 Å². The first-order valence-corrected chi connectivity index (χ1v) is 12.1. The van der Waals surface area contributed by atoms with E-state index in [2.05, 4.69) is 63.4 Å². The lowest BCUT2D eigenvalue weighted by Gasteiger charge is -2.34. The topological polar surface area (TPSA) is 55.6 Å². The first-order valence-electron chi connectivity index (χ1n) is 12.1. The Morgan fingerprint density at radius 1 is 0.943 bits per heavy atom. The lowest BCUT2D eigenvalue weighted by molar-refractivity contribution is 0.0735. The predicted molar refractivity (Wildman–Crippen MR) is 143 cm³/mol. The lowest BCUT2D eigenvalue weighted by atomic mass is 9.82. The number of anilines is 1. The summed E-state index contributed by atoms with van der Waals surface area (Å²) in [4.78, 5) is 17.9. The van der Waals surface area contributed by atoms with E-state index in [1.54, 1.807) is 12.1 Å². The van der Waals surface area contributed by atoms with Crippen molar-refractivity contribution in [1.82, 2.24) is 9.38 Å². The van der Waals surface area contributed by atoms with Crippen LogP contribution < -0.4 is 10.1 Å². The van der Waals surface area contributed by atoms with Crippen LogP contribution in [0.2, 0.25) is 0 Å². The smallest absolute Gasteiger partial charge is 0.343 e. The summed E-state index contributed by atoms with van der Waals surface area (Å²) < 4.78 is 7.97. The van der Waals surface area contributed by atoms with Crippen molar-refractivity contribution in [2.24, 2.45) is 5.41 Å². The Balaban J connectivity index is 1.79. The Morgan fingerprint density at radius 2 is 1.63 bits per heavy atom. The van der Waals surface area contributed by atoms with Gasteiger partial charge in [-0.25, -0.2) is 9.78 Å². The SMILES string of the molecule is Cc1ccc(C(=O)Oc2ccccc2-c2nc3cc(C)ccn3c2NC(C)(C)CC(C)(C)C)cc1. The Bertz CT molecular complexity index is 1360. The number of imidazole rings is 1. The third-order valence-corrected chi connectivity index (χ3v) is 5.84. The summed E-state index contributed by atoms with van der Waals surface area (Å²) in [6, 6.07) is 19.1. The molecule has 35 heavy (non-hydrogen) atoms. The number of nitrogens with one attached hydrogen (secondary N) is 1. The van der Waals surface area contributed by atoms with Gasteiger partial charge in [0, 0.05) is 17.3 Å². The number of hydrogen-bond acceptors (Lipinski definition) is 4. The van der Waals surface area contributed by atoms with E-state index in [0.29, 0.717) is 11.3 Å². The van der Waals surface area contributed by atoms with Gasteiger partial charge in [0.1, 0.15) is 22.9 Å². The Morgan fingerprint density at radius 3 is 2.31 bits per heavy atom. The van der Waals surface area contributed by atoms with E-state index in [-0.39, 0.29) is 16.9 Å². The van der Waals surface area contributed by atoms with Crippen molar-refractivity contribution in [3.05, 3.63) is 83.6 Å². The highest BCUT2D eigenvalue weighted by molar-refractivity contribution is 5.92. The summed E-state index contributed by atoms with van der Waals surface area (Å²) in [6.45, 7) is 15.2. The van der Waals surface area contributed by atoms with Gasteiger partial charge in [0.15, 0.2) is 0 Å². The molecule has 1 N–H and O–H groups in total. The summed E-state index contributed by atoms with van der Waals surface area (Å²) in [7, 11) is 0. The van der Waals surface area contributed by atoms with E-state index in [1.165, 1.54) is 0 Å². The molecule has 0 saturated heterocycles. The van der Waals surface area contributed by atoms with Crippen LogP contribution >= 0.6 is 0 Å². The molecule has 0 fully saturated rings. The van der Waals surface area contributed by atoms with Gasteiger partial charge >= 0.3 is 5.97 Å². The fourth-order valence-corrected chi connectivity index (χ4v) is 4.74. The fourth-order valence-electron chi connectivity index (χ4n) is 4.74. The second kappa shape index (κ2) is 9.21. The van der Waals surface area contributed by atoms with Crippen LogP contribution in [0.3, 0.4) is 0 Å². The molecule has 0 spiro atoms. The van der Waals surface area contributed by atoms with Crippen LogP contribution in [0.5, 0.6) is 5.75 Å². The third kappa shape index (κ3) is 5.73. The van der Waals surface area contributed by atoms with E-state index < -0.39 is 0 Å². The molecule has 0 atom stereocenters. The highest BCUT2D eigenvalue weighted by Crippen LogP contribution is 2.38. The Labute approximate surface area is 208 Å². The van der Waals surface area contributed by atoms with E-state index in [4.69, 9.17) is 9.72 Å². The second-order valence-corrected chi connectivity index (χ2v) is 11.2. The molecule has 2 aromatic heterocycles.